The molecule has 1 aromatic carbocycles. The molecule has 1 amide bonds. The van der Waals surface area contributed by atoms with Gasteiger partial charge in [-0.15, -0.1) is 17.8 Å². The van der Waals surface area contributed by atoms with Crippen molar-refractivity contribution in [1.82, 2.24) is 10.3 Å². The molecule has 1 N–H and O–H groups in total. The third kappa shape index (κ3) is 4.48. The highest BCUT2D eigenvalue weighted by atomic mass is 32.1. The highest BCUT2D eigenvalue weighted by molar-refractivity contribution is 7.17. The van der Waals surface area contributed by atoms with Crippen LogP contribution in [0.15, 0.2) is 35.0 Å². The number of thiophene rings is 1. The molecule has 0 radical (unpaired) electrons. The summed E-state index contributed by atoms with van der Waals surface area (Å²) in [7, 11) is 1.57. The van der Waals surface area contributed by atoms with E-state index in [1.807, 2.05) is 35.9 Å². The van der Waals surface area contributed by atoms with Crippen molar-refractivity contribution in [2.75, 3.05) is 13.7 Å². The summed E-state index contributed by atoms with van der Waals surface area (Å²) in [5, 5.41) is 7.81. The first-order valence-corrected chi connectivity index (χ1v) is 9.89. The van der Waals surface area contributed by atoms with Crippen LogP contribution in [-0.4, -0.2) is 24.6 Å². The predicted molar refractivity (Wildman–Crippen MR) is 109 cm³/mol. The Hall–Kier alpha value is -2.82. The Morgan fingerprint density at radius 2 is 2.19 bits per heavy atom. The maximum atomic E-state index is 12.6. The number of amides is 1. The van der Waals surface area contributed by atoms with Gasteiger partial charge in [-0.2, -0.15) is 11.3 Å². The molecule has 0 saturated carbocycles. The molecule has 2 aromatic heterocycles. The van der Waals surface area contributed by atoms with Crippen molar-refractivity contribution in [1.29, 1.82) is 0 Å². The monoisotopic (exact) mass is 398 g/mol. The fraction of sp³-hybridized carbons (Fsp3) is 0.200. The second-order valence-electron chi connectivity index (χ2n) is 5.61. The molecule has 0 fully saturated rings. The van der Waals surface area contributed by atoms with Crippen molar-refractivity contribution in [3.63, 3.8) is 0 Å². The first-order valence-electron chi connectivity index (χ1n) is 8.13. The van der Waals surface area contributed by atoms with Gasteiger partial charge < -0.3 is 14.8 Å². The van der Waals surface area contributed by atoms with E-state index >= 15 is 0 Å². The van der Waals surface area contributed by atoms with Crippen LogP contribution in [0.25, 0.3) is 10.6 Å². The molecule has 3 rings (SSSR count). The summed E-state index contributed by atoms with van der Waals surface area (Å²) < 4.78 is 10.8. The third-order valence-corrected chi connectivity index (χ3v) is 5.65. The van der Waals surface area contributed by atoms with E-state index in [1.54, 1.807) is 24.5 Å². The largest absolute Gasteiger partial charge is 0.493 e. The maximum absolute atomic E-state index is 12.6. The number of aromatic nitrogens is 1. The second-order valence-corrected chi connectivity index (χ2v) is 7.39. The number of hydrogen-bond donors (Lipinski definition) is 1. The topological polar surface area (TPSA) is 60.5 Å². The van der Waals surface area contributed by atoms with E-state index in [4.69, 9.17) is 15.9 Å². The zero-order valence-corrected chi connectivity index (χ0v) is 16.6. The van der Waals surface area contributed by atoms with Crippen LogP contribution in [0.3, 0.4) is 0 Å². The number of terminal acetylenes is 1. The van der Waals surface area contributed by atoms with Crippen molar-refractivity contribution in [3.05, 3.63) is 51.2 Å². The van der Waals surface area contributed by atoms with E-state index in [2.05, 4.69) is 16.2 Å². The van der Waals surface area contributed by atoms with Gasteiger partial charge in [0.25, 0.3) is 5.91 Å². The molecule has 27 heavy (non-hydrogen) atoms. The summed E-state index contributed by atoms with van der Waals surface area (Å²) >= 11 is 3.00. The predicted octanol–water partition coefficient (Wildman–Crippen LogP) is 4.13. The Kier molecular flexibility index (Phi) is 6.12. The standard InChI is InChI=1S/C20H18N2O3S2/c1-4-8-25-17-10-14(5-6-16(17)24-3)11-21-19(23)18-13(2)22-20(27-18)15-7-9-26-12-15/h1,5-7,9-10,12H,8,11H2,2-3H3,(H,21,23). The van der Waals surface area contributed by atoms with Gasteiger partial charge in [0.2, 0.25) is 0 Å². The number of methoxy groups -OCH3 is 1. The Labute approximate surface area is 166 Å². The molecule has 0 aliphatic rings. The zero-order valence-electron chi connectivity index (χ0n) is 14.9. The fourth-order valence-electron chi connectivity index (χ4n) is 2.44. The molecule has 5 nitrogen and oxygen atoms in total. The van der Waals surface area contributed by atoms with Crippen molar-refractivity contribution in [2.45, 2.75) is 13.5 Å². The van der Waals surface area contributed by atoms with Gasteiger partial charge in [0.05, 0.1) is 12.8 Å². The number of nitrogens with zero attached hydrogens (tertiary/aromatic N) is 1. The number of ether oxygens (including phenoxy) is 2. The van der Waals surface area contributed by atoms with Crippen LogP contribution in [0, 0.1) is 19.3 Å². The second kappa shape index (κ2) is 8.71. The minimum absolute atomic E-state index is 0.145. The lowest BCUT2D eigenvalue weighted by molar-refractivity contribution is 0.0954. The first-order chi connectivity index (χ1) is 13.1. The van der Waals surface area contributed by atoms with E-state index in [0.717, 1.165) is 21.8 Å². The van der Waals surface area contributed by atoms with Gasteiger partial charge in [-0.25, -0.2) is 4.98 Å². The summed E-state index contributed by atoms with van der Waals surface area (Å²) in [6.07, 6.45) is 5.24. The van der Waals surface area contributed by atoms with E-state index in [9.17, 15) is 4.79 Å². The van der Waals surface area contributed by atoms with Crippen molar-refractivity contribution in [2.24, 2.45) is 0 Å². The molecule has 0 aliphatic carbocycles. The van der Waals surface area contributed by atoms with Gasteiger partial charge >= 0.3 is 0 Å². The lowest BCUT2D eigenvalue weighted by atomic mass is 10.2. The molecule has 0 saturated heterocycles. The number of hydrogen-bond acceptors (Lipinski definition) is 6. The number of carbonyl (C=O) groups is 1. The molecule has 0 unspecified atom stereocenters. The Morgan fingerprint density at radius 3 is 2.89 bits per heavy atom. The molecule has 138 valence electrons. The smallest absolute Gasteiger partial charge is 0.263 e. The Balaban J connectivity index is 1.70. The summed E-state index contributed by atoms with van der Waals surface area (Å²) in [4.78, 5) is 17.7. The molecule has 0 spiro atoms. The van der Waals surface area contributed by atoms with E-state index in [-0.39, 0.29) is 12.5 Å². The first kappa shape index (κ1) is 19.0. The fourth-order valence-corrected chi connectivity index (χ4v) is 4.14. The van der Waals surface area contributed by atoms with Crippen LogP contribution in [0.1, 0.15) is 20.9 Å². The normalized spacial score (nSPS) is 10.3. The lowest BCUT2D eigenvalue weighted by Gasteiger charge is -2.11. The summed E-state index contributed by atoms with van der Waals surface area (Å²) in [5.74, 6) is 3.43. The quantitative estimate of drug-likeness (QED) is 0.608. The summed E-state index contributed by atoms with van der Waals surface area (Å²) in [6, 6.07) is 7.48. The van der Waals surface area contributed by atoms with Crippen molar-refractivity contribution in [3.8, 4) is 34.4 Å². The van der Waals surface area contributed by atoms with E-state index < -0.39 is 0 Å². The highest BCUT2D eigenvalue weighted by Crippen LogP contribution is 2.30. The number of rotatable bonds is 7. The van der Waals surface area contributed by atoms with Crippen LogP contribution in [0.5, 0.6) is 11.5 Å². The number of benzene rings is 1. The SMILES string of the molecule is C#CCOc1cc(CNC(=O)c2sc(-c3ccsc3)nc2C)ccc1OC. The van der Waals surface area contributed by atoms with E-state index in [1.165, 1.54) is 11.3 Å². The average molecular weight is 399 g/mol. The molecular formula is C20H18N2O3S2. The lowest BCUT2D eigenvalue weighted by Crippen LogP contribution is -2.22. The zero-order chi connectivity index (χ0) is 19.2. The van der Waals surface area contributed by atoms with Gasteiger partial charge in [-0.1, -0.05) is 12.0 Å². The molecule has 0 bridgehead atoms. The van der Waals surface area contributed by atoms with Crippen LogP contribution < -0.4 is 14.8 Å². The van der Waals surface area contributed by atoms with Crippen molar-refractivity contribution < 1.29 is 14.3 Å². The Bertz CT molecular complexity index is 972. The molecule has 3 aromatic rings. The van der Waals surface area contributed by atoms with Crippen LogP contribution >= 0.6 is 22.7 Å². The Morgan fingerprint density at radius 1 is 1.33 bits per heavy atom. The van der Waals surface area contributed by atoms with Gasteiger partial charge in [-0.05, 0) is 36.1 Å². The van der Waals surface area contributed by atoms with E-state index in [0.29, 0.717) is 22.9 Å². The van der Waals surface area contributed by atoms with Crippen molar-refractivity contribution >= 4 is 28.6 Å². The minimum atomic E-state index is -0.145. The van der Waals surface area contributed by atoms with Gasteiger partial charge in [0, 0.05) is 17.5 Å². The maximum Gasteiger partial charge on any atom is 0.263 e. The molecular weight excluding hydrogens is 380 g/mol. The van der Waals surface area contributed by atoms with Gasteiger partial charge in [0.15, 0.2) is 11.5 Å². The summed E-state index contributed by atoms with van der Waals surface area (Å²) in [5.41, 5.74) is 2.65. The summed E-state index contributed by atoms with van der Waals surface area (Å²) in [6.45, 7) is 2.36. The number of thiazole rings is 1. The number of carbonyl (C=O) groups excluding carboxylic acids is 1. The average Bonchev–Trinajstić information content (AvgIpc) is 3.34. The molecule has 7 heteroatoms. The highest BCUT2D eigenvalue weighted by Gasteiger charge is 2.16. The molecule has 2 heterocycles. The third-order valence-electron chi connectivity index (χ3n) is 3.76. The minimum Gasteiger partial charge on any atom is -0.493 e. The van der Waals surface area contributed by atoms with Crippen LogP contribution in [-0.2, 0) is 6.54 Å². The molecule has 0 aliphatic heterocycles. The van der Waals surface area contributed by atoms with Crippen LogP contribution in [0.2, 0.25) is 0 Å². The molecule has 0 atom stereocenters. The number of nitrogens with one attached hydrogen (secondary N) is 1. The van der Waals surface area contributed by atoms with Gasteiger partial charge in [-0.3, -0.25) is 4.79 Å². The van der Waals surface area contributed by atoms with Crippen LogP contribution in [0.4, 0.5) is 0 Å². The number of aryl methyl sites for hydroxylation is 1. The van der Waals surface area contributed by atoms with Gasteiger partial charge in [0.1, 0.15) is 16.5 Å².